The van der Waals surface area contributed by atoms with Crippen LogP contribution in [0.25, 0.3) is 27.6 Å². The Morgan fingerprint density at radius 2 is 1.78 bits per heavy atom. The summed E-state index contributed by atoms with van der Waals surface area (Å²) >= 11 is 0. The maximum Gasteiger partial charge on any atom is 0.263 e. The summed E-state index contributed by atoms with van der Waals surface area (Å²) < 4.78 is 1.84. The zero-order chi connectivity index (χ0) is 22.4. The van der Waals surface area contributed by atoms with E-state index < -0.39 is 0 Å². The van der Waals surface area contributed by atoms with Crippen LogP contribution >= 0.6 is 0 Å². The molecule has 32 heavy (non-hydrogen) atoms. The van der Waals surface area contributed by atoms with Gasteiger partial charge in [-0.05, 0) is 49.4 Å². The first-order valence-electron chi connectivity index (χ1n) is 10.6. The van der Waals surface area contributed by atoms with Crippen molar-refractivity contribution in [2.45, 2.75) is 26.8 Å². The fourth-order valence-electron chi connectivity index (χ4n) is 4.33. The molecular weight excluding hydrogens is 400 g/mol. The molecule has 1 atom stereocenters. The van der Waals surface area contributed by atoms with Crippen LogP contribution in [0.2, 0.25) is 0 Å². The van der Waals surface area contributed by atoms with Gasteiger partial charge in [-0.2, -0.15) is 0 Å². The lowest BCUT2D eigenvalue weighted by atomic mass is 10.0. The molecule has 7 nitrogen and oxygen atoms in total. The quantitative estimate of drug-likeness (QED) is 0.460. The average Bonchev–Trinajstić information content (AvgIpc) is 3.28. The zero-order valence-electron chi connectivity index (χ0n) is 18.5. The summed E-state index contributed by atoms with van der Waals surface area (Å²) in [5.74, 6) is 0.730. The van der Waals surface area contributed by atoms with Gasteiger partial charge >= 0.3 is 0 Å². The number of aromatic nitrogens is 5. The maximum absolute atomic E-state index is 13.9. The number of para-hydroxylation sites is 1. The van der Waals surface area contributed by atoms with E-state index in [4.69, 9.17) is 0 Å². The van der Waals surface area contributed by atoms with Gasteiger partial charge in [0.05, 0.1) is 23.4 Å². The molecule has 3 aromatic heterocycles. The molecule has 0 aliphatic heterocycles. The molecule has 0 aliphatic carbocycles. The SMILES string of the molecule is Cc1ccccc1-n1c(C(C)N(C)c2ncnc3nc[nH]c23)cc2cccc(C)c2c1=O. The Kier molecular flexibility index (Phi) is 4.74. The van der Waals surface area contributed by atoms with E-state index >= 15 is 0 Å². The lowest BCUT2D eigenvalue weighted by molar-refractivity contribution is 0.677. The van der Waals surface area contributed by atoms with Gasteiger partial charge in [-0.3, -0.25) is 9.36 Å². The van der Waals surface area contributed by atoms with Crippen LogP contribution in [-0.2, 0) is 0 Å². The molecule has 3 heterocycles. The van der Waals surface area contributed by atoms with E-state index in [0.29, 0.717) is 5.65 Å². The number of fused-ring (bicyclic) bond motifs is 2. The van der Waals surface area contributed by atoms with Gasteiger partial charge in [0.25, 0.3) is 5.56 Å². The summed E-state index contributed by atoms with van der Waals surface area (Å²) in [6.07, 6.45) is 3.13. The molecule has 160 valence electrons. The third kappa shape index (κ3) is 3.05. The van der Waals surface area contributed by atoms with Crippen LogP contribution in [0.5, 0.6) is 0 Å². The van der Waals surface area contributed by atoms with Crippen molar-refractivity contribution in [3.05, 3.63) is 88.4 Å². The van der Waals surface area contributed by atoms with Crippen LogP contribution in [0, 0.1) is 13.8 Å². The van der Waals surface area contributed by atoms with Gasteiger partial charge in [0, 0.05) is 12.7 Å². The second-order valence-corrected chi connectivity index (χ2v) is 8.12. The van der Waals surface area contributed by atoms with Crippen LogP contribution in [0.15, 0.2) is 66.0 Å². The third-order valence-electron chi connectivity index (χ3n) is 6.19. The Bertz CT molecular complexity index is 1520. The van der Waals surface area contributed by atoms with Gasteiger partial charge in [0.15, 0.2) is 11.5 Å². The Balaban J connectivity index is 1.78. The van der Waals surface area contributed by atoms with Gasteiger partial charge in [0.2, 0.25) is 0 Å². The highest BCUT2D eigenvalue weighted by Crippen LogP contribution is 2.30. The molecule has 0 amide bonds. The number of nitrogens with one attached hydrogen (secondary N) is 1. The van der Waals surface area contributed by atoms with Crippen LogP contribution in [-0.4, -0.2) is 31.6 Å². The molecule has 0 fully saturated rings. The number of imidazole rings is 1. The van der Waals surface area contributed by atoms with Crippen molar-refractivity contribution in [1.82, 2.24) is 24.5 Å². The molecule has 0 bridgehead atoms. The molecule has 0 spiro atoms. The molecule has 2 aromatic carbocycles. The summed E-state index contributed by atoms with van der Waals surface area (Å²) in [5, 5.41) is 1.68. The number of rotatable bonds is 4. The van der Waals surface area contributed by atoms with Gasteiger partial charge < -0.3 is 9.88 Å². The summed E-state index contributed by atoms with van der Waals surface area (Å²) in [7, 11) is 1.97. The molecular formula is C25H24N6O. The molecule has 0 saturated carbocycles. The predicted octanol–water partition coefficient (Wildman–Crippen LogP) is 4.47. The Labute approximate surface area is 185 Å². The number of H-pyrrole nitrogens is 1. The molecule has 1 unspecified atom stereocenters. The van der Waals surface area contributed by atoms with E-state index in [1.807, 2.05) is 72.8 Å². The summed E-state index contributed by atoms with van der Waals surface area (Å²) in [6, 6.07) is 15.9. The topological polar surface area (TPSA) is 79.7 Å². The highest BCUT2D eigenvalue weighted by atomic mass is 16.1. The lowest BCUT2D eigenvalue weighted by Gasteiger charge is -2.29. The van der Waals surface area contributed by atoms with Gasteiger partial charge in [-0.1, -0.05) is 36.4 Å². The average molecular weight is 425 g/mol. The first-order chi connectivity index (χ1) is 15.5. The minimum atomic E-state index is -0.159. The number of anilines is 1. The normalized spacial score (nSPS) is 12.4. The minimum absolute atomic E-state index is 0.0143. The van der Waals surface area contributed by atoms with Crippen molar-refractivity contribution >= 4 is 27.8 Å². The van der Waals surface area contributed by atoms with E-state index in [0.717, 1.165) is 44.6 Å². The van der Waals surface area contributed by atoms with Crippen molar-refractivity contribution in [3.8, 4) is 5.69 Å². The monoisotopic (exact) mass is 424 g/mol. The fraction of sp³-hybridized carbons (Fsp3) is 0.200. The van der Waals surface area contributed by atoms with Crippen molar-refractivity contribution in [1.29, 1.82) is 0 Å². The predicted molar refractivity (Wildman–Crippen MR) is 128 cm³/mol. The summed E-state index contributed by atoms with van der Waals surface area (Å²) in [4.78, 5) is 32.0. The maximum atomic E-state index is 13.9. The number of aromatic amines is 1. The first kappa shape index (κ1) is 19.9. The molecule has 1 N–H and O–H groups in total. The van der Waals surface area contributed by atoms with E-state index in [1.54, 1.807) is 6.33 Å². The van der Waals surface area contributed by atoms with Crippen molar-refractivity contribution in [2.75, 3.05) is 11.9 Å². The van der Waals surface area contributed by atoms with Crippen LogP contribution in [0.1, 0.15) is 29.8 Å². The van der Waals surface area contributed by atoms with Gasteiger partial charge in [-0.25, -0.2) is 15.0 Å². The number of hydrogen-bond acceptors (Lipinski definition) is 5. The third-order valence-corrected chi connectivity index (χ3v) is 6.19. The lowest BCUT2D eigenvalue weighted by Crippen LogP contribution is -2.31. The molecule has 5 rings (SSSR count). The van der Waals surface area contributed by atoms with E-state index in [2.05, 4.69) is 32.9 Å². The highest BCUT2D eigenvalue weighted by molar-refractivity contribution is 5.86. The Morgan fingerprint density at radius 3 is 2.59 bits per heavy atom. The fourth-order valence-corrected chi connectivity index (χ4v) is 4.33. The molecule has 0 aliphatic rings. The minimum Gasteiger partial charge on any atom is -0.350 e. The second kappa shape index (κ2) is 7.60. The summed E-state index contributed by atoms with van der Waals surface area (Å²) in [5.41, 5.74) is 5.14. The number of aryl methyl sites for hydroxylation is 2. The smallest absolute Gasteiger partial charge is 0.263 e. The molecule has 0 radical (unpaired) electrons. The second-order valence-electron chi connectivity index (χ2n) is 8.12. The zero-order valence-corrected chi connectivity index (χ0v) is 18.5. The largest absolute Gasteiger partial charge is 0.350 e. The van der Waals surface area contributed by atoms with E-state index in [-0.39, 0.29) is 11.6 Å². The van der Waals surface area contributed by atoms with Gasteiger partial charge in [-0.15, -0.1) is 0 Å². The van der Waals surface area contributed by atoms with Crippen LogP contribution in [0.4, 0.5) is 5.82 Å². The van der Waals surface area contributed by atoms with E-state index in [1.165, 1.54) is 6.33 Å². The number of benzene rings is 2. The van der Waals surface area contributed by atoms with Crippen LogP contribution < -0.4 is 10.5 Å². The van der Waals surface area contributed by atoms with Gasteiger partial charge in [0.1, 0.15) is 11.8 Å². The highest BCUT2D eigenvalue weighted by Gasteiger charge is 2.23. The van der Waals surface area contributed by atoms with Crippen molar-refractivity contribution in [2.24, 2.45) is 0 Å². The Morgan fingerprint density at radius 1 is 1.00 bits per heavy atom. The standard InChI is InChI=1S/C25H24N6O/c1-15-8-5-6-11-19(15)31-20(12-18-10-7-9-16(2)21(18)25(31)32)17(3)30(4)24-22-23(27-13-26-22)28-14-29-24/h5-14,17H,1-4H3,(H,26,27,28,29). The molecule has 0 saturated heterocycles. The molecule has 7 heteroatoms. The van der Waals surface area contributed by atoms with E-state index in [9.17, 15) is 4.79 Å². The number of pyridine rings is 1. The Hall–Kier alpha value is -4.00. The summed E-state index contributed by atoms with van der Waals surface area (Å²) in [6.45, 7) is 6.09. The number of nitrogens with zero attached hydrogens (tertiary/aromatic N) is 5. The number of hydrogen-bond donors (Lipinski definition) is 1. The first-order valence-corrected chi connectivity index (χ1v) is 10.6. The molecule has 5 aromatic rings. The van der Waals surface area contributed by atoms with Crippen molar-refractivity contribution in [3.63, 3.8) is 0 Å². The van der Waals surface area contributed by atoms with Crippen molar-refractivity contribution < 1.29 is 0 Å². The van der Waals surface area contributed by atoms with Crippen LogP contribution in [0.3, 0.4) is 0 Å².